The van der Waals surface area contributed by atoms with E-state index in [0.717, 1.165) is 16.9 Å². The molecule has 150 valence electrons. The first kappa shape index (κ1) is 21.3. The summed E-state index contributed by atoms with van der Waals surface area (Å²) < 4.78 is 10.9. The Balaban J connectivity index is 2.19. The summed E-state index contributed by atoms with van der Waals surface area (Å²) in [6.45, 7) is 3.99. The maximum Gasteiger partial charge on any atom is 0.261 e. The van der Waals surface area contributed by atoms with E-state index in [1.54, 1.807) is 19.1 Å². The molecule has 1 N–H and O–H groups in total. The first-order chi connectivity index (χ1) is 13.5. The smallest absolute Gasteiger partial charge is 0.261 e. The summed E-state index contributed by atoms with van der Waals surface area (Å²) in [4.78, 5) is 26.9. The van der Waals surface area contributed by atoms with Gasteiger partial charge in [0.1, 0.15) is 17.5 Å². The number of likely N-dealkylation sites (N-methyl/N-ethyl adjacent to an activating group) is 1. The van der Waals surface area contributed by atoms with Crippen molar-refractivity contribution in [2.75, 3.05) is 20.8 Å². The summed E-state index contributed by atoms with van der Waals surface area (Å²) in [6.07, 6.45) is 0.506. The number of hydrogen-bond acceptors (Lipinski definition) is 4. The fraction of sp³-hybridized carbons (Fsp3) is 0.364. The third-order valence-corrected chi connectivity index (χ3v) is 4.59. The third kappa shape index (κ3) is 5.49. The molecule has 0 heterocycles. The Hall–Kier alpha value is -3.02. The van der Waals surface area contributed by atoms with Gasteiger partial charge in [0.05, 0.1) is 7.11 Å². The molecule has 0 saturated heterocycles. The number of carbonyl (C=O) groups is 2. The number of rotatable bonds is 9. The van der Waals surface area contributed by atoms with Crippen molar-refractivity contribution in [2.45, 2.75) is 32.9 Å². The van der Waals surface area contributed by atoms with E-state index in [2.05, 4.69) is 5.32 Å². The number of ether oxygens (including phenoxy) is 2. The zero-order chi connectivity index (χ0) is 20.5. The van der Waals surface area contributed by atoms with Gasteiger partial charge in [-0.15, -0.1) is 0 Å². The molecule has 0 radical (unpaired) electrons. The Morgan fingerprint density at radius 2 is 1.79 bits per heavy atom. The highest BCUT2D eigenvalue weighted by Gasteiger charge is 2.28. The number of amides is 2. The van der Waals surface area contributed by atoms with E-state index in [-0.39, 0.29) is 18.4 Å². The molecule has 2 rings (SSSR count). The minimum absolute atomic E-state index is 0.130. The van der Waals surface area contributed by atoms with Gasteiger partial charge in [0.2, 0.25) is 5.91 Å². The Labute approximate surface area is 166 Å². The van der Waals surface area contributed by atoms with E-state index < -0.39 is 6.04 Å². The Bertz CT molecular complexity index is 789. The summed E-state index contributed by atoms with van der Waals surface area (Å²) >= 11 is 0. The molecular weight excluding hydrogens is 356 g/mol. The normalized spacial score (nSPS) is 11.4. The number of para-hydroxylation sites is 1. The lowest BCUT2D eigenvalue weighted by atomic mass is 10.1. The van der Waals surface area contributed by atoms with Gasteiger partial charge >= 0.3 is 0 Å². The van der Waals surface area contributed by atoms with Gasteiger partial charge in [0.15, 0.2) is 6.61 Å². The molecule has 6 nitrogen and oxygen atoms in total. The van der Waals surface area contributed by atoms with Crippen molar-refractivity contribution in [1.29, 1.82) is 0 Å². The summed E-state index contributed by atoms with van der Waals surface area (Å²) in [7, 11) is 3.18. The maximum absolute atomic E-state index is 13.0. The van der Waals surface area contributed by atoms with E-state index in [9.17, 15) is 9.59 Å². The highest BCUT2D eigenvalue weighted by molar-refractivity contribution is 5.88. The molecule has 6 heteroatoms. The second-order valence-electron chi connectivity index (χ2n) is 6.46. The van der Waals surface area contributed by atoms with Crippen molar-refractivity contribution in [1.82, 2.24) is 10.2 Å². The molecule has 0 aliphatic carbocycles. The highest BCUT2D eigenvalue weighted by atomic mass is 16.5. The van der Waals surface area contributed by atoms with Gasteiger partial charge in [0.25, 0.3) is 5.91 Å². The highest BCUT2D eigenvalue weighted by Crippen LogP contribution is 2.18. The molecule has 2 aromatic carbocycles. The number of benzene rings is 2. The van der Waals surface area contributed by atoms with Crippen molar-refractivity contribution < 1.29 is 19.1 Å². The molecule has 0 bridgehead atoms. The maximum atomic E-state index is 13.0. The fourth-order valence-electron chi connectivity index (χ4n) is 2.95. The number of nitrogens with one attached hydrogen (secondary N) is 1. The number of aryl methyl sites for hydroxylation is 1. The molecule has 0 fully saturated rings. The molecular formula is C22H28N2O4. The van der Waals surface area contributed by atoms with Crippen LogP contribution in [-0.2, 0) is 16.1 Å². The van der Waals surface area contributed by atoms with Crippen LogP contribution in [0.2, 0.25) is 0 Å². The van der Waals surface area contributed by atoms with Crippen molar-refractivity contribution in [2.24, 2.45) is 0 Å². The number of nitrogens with zero attached hydrogens (tertiary/aromatic N) is 1. The topological polar surface area (TPSA) is 67.9 Å². The van der Waals surface area contributed by atoms with Crippen LogP contribution in [0.5, 0.6) is 11.5 Å². The fourth-order valence-corrected chi connectivity index (χ4v) is 2.95. The molecule has 28 heavy (non-hydrogen) atoms. The van der Waals surface area contributed by atoms with Gasteiger partial charge in [-0.2, -0.15) is 0 Å². The lowest BCUT2D eigenvalue weighted by Gasteiger charge is -2.30. The van der Waals surface area contributed by atoms with Crippen molar-refractivity contribution in [3.8, 4) is 11.5 Å². The van der Waals surface area contributed by atoms with E-state index in [4.69, 9.17) is 9.47 Å². The number of methoxy groups -OCH3 is 1. The summed E-state index contributed by atoms with van der Waals surface area (Å²) in [5.74, 6) is 0.964. The third-order valence-electron chi connectivity index (χ3n) is 4.59. The van der Waals surface area contributed by atoms with Crippen LogP contribution in [0, 0.1) is 6.92 Å². The Morgan fingerprint density at radius 1 is 1.11 bits per heavy atom. The Kier molecular flexibility index (Phi) is 7.87. The predicted octanol–water partition coefficient (Wildman–Crippen LogP) is 2.94. The summed E-state index contributed by atoms with van der Waals surface area (Å²) in [5, 5.41) is 2.64. The summed E-state index contributed by atoms with van der Waals surface area (Å²) in [6, 6.07) is 14.4. The molecule has 0 aromatic heterocycles. The largest absolute Gasteiger partial charge is 0.497 e. The first-order valence-electron chi connectivity index (χ1n) is 9.32. The van der Waals surface area contributed by atoms with Gasteiger partial charge < -0.3 is 19.7 Å². The minimum Gasteiger partial charge on any atom is -0.497 e. The van der Waals surface area contributed by atoms with Gasteiger partial charge in [0, 0.05) is 13.6 Å². The molecule has 0 saturated carbocycles. The van der Waals surface area contributed by atoms with Crippen molar-refractivity contribution in [3.63, 3.8) is 0 Å². The van der Waals surface area contributed by atoms with Crippen LogP contribution in [0.25, 0.3) is 0 Å². The molecule has 2 amide bonds. The lowest BCUT2D eigenvalue weighted by molar-refractivity contribution is -0.142. The molecule has 0 aliphatic heterocycles. The quantitative estimate of drug-likeness (QED) is 0.722. The van der Waals surface area contributed by atoms with E-state index >= 15 is 0 Å². The standard InChI is InChI=1S/C22H28N2O4/c1-5-19(22(26)23-3)24(14-17-10-12-18(27-4)13-11-17)21(25)15-28-20-9-7-6-8-16(20)2/h6-13,19H,5,14-15H2,1-4H3,(H,23,26). The zero-order valence-corrected chi connectivity index (χ0v) is 16.9. The first-order valence-corrected chi connectivity index (χ1v) is 9.32. The molecule has 1 atom stereocenters. The van der Waals surface area contributed by atoms with Gasteiger partial charge in [-0.3, -0.25) is 9.59 Å². The second-order valence-corrected chi connectivity index (χ2v) is 6.46. The van der Waals surface area contributed by atoms with Crippen LogP contribution >= 0.6 is 0 Å². The van der Waals surface area contributed by atoms with Crippen LogP contribution in [0.15, 0.2) is 48.5 Å². The van der Waals surface area contributed by atoms with Crippen molar-refractivity contribution in [3.05, 3.63) is 59.7 Å². The van der Waals surface area contributed by atoms with Gasteiger partial charge in [-0.05, 0) is 42.7 Å². The van der Waals surface area contributed by atoms with Crippen LogP contribution in [-0.4, -0.2) is 43.5 Å². The SMILES string of the molecule is CCC(C(=O)NC)N(Cc1ccc(OC)cc1)C(=O)COc1ccccc1C. The lowest BCUT2D eigenvalue weighted by Crippen LogP contribution is -2.49. The van der Waals surface area contributed by atoms with Crippen LogP contribution < -0.4 is 14.8 Å². The van der Waals surface area contributed by atoms with E-state index in [0.29, 0.717) is 18.7 Å². The van der Waals surface area contributed by atoms with Crippen molar-refractivity contribution >= 4 is 11.8 Å². The van der Waals surface area contributed by atoms with E-state index in [1.807, 2.05) is 62.4 Å². The second kappa shape index (κ2) is 10.3. The van der Waals surface area contributed by atoms with Crippen LogP contribution in [0.3, 0.4) is 0 Å². The monoisotopic (exact) mass is 384 g/mol. The predicted molar refractivity (Wildman–Crippen MR) is 108 cm³/mol. The molecule has 0 spiro atoms. The minimum atomic E-state index is -0.569. The van der Waals surface area contributed by atoms with Crippen LogP contribution in [0.4, 0.5) is 0 Å². The Morgan fingerprint density at radius 3 is 2.36 bits per heavy atom. The number of hydrogen-bond donors (Lipinski definition) is 1. The van der Waals surface area contributed by atoms with E-state index in [1.165, 1.54) is 0 Å². The molecule has 2 aromatic rings. The average molecular weight is 384 g/mol. The average Bonchev–Trinajstić information content (AvgIpc) is 2.73. The van der Waals surface area contributed by atoms with Crippen LogP contribution in [0.1, 0.15) is 24.5 Å². The van der Waals surface area contributed by atoms with Gasteiger partial charge in [-0.25, -0.2) is 0 Å². The van der Waals surface area contributed by atoms with Gasteiger partial charge in [-0.1, -0.05) is 37.3 Å². The molecule has 1 unspecified atom stereocenters. The zero-order valence-electron chi connectivity index (χ0n) is 16.9. The summed E-state index contributed by atoms with van der Waals surface area (Å²) in [5.41, 5.74) is 1.86. The molecule has 0 aliphatic rings. The number of carbonyl (C=O) groups excluding carboxylic acids is 2.